The number of rotatable bonds is 6. The zero-order valence-electron chi connectivity index (χ0n) is 19.1. The number of pyridine rings is 1. The van der Waals surface area contributed by atoms with E-state index >= 15 is 0 Å². The van der Waals surface area contributed by atoms with Crippen molar-refractivity contribution in [1.29, 1.82) is 0 Å². The van der Waals surface area contributed by atoms with Crippen molar-refractivity contribution in [3.05, 3.63) is 58.7 Å². The van der Waals surface area contributed by atoms with Crippen molar-refractivity contribution in [2.75, 3.05) is 39.0 Å². The van der Waals surface area contributed by atoms with E-state index in [9.17, 15) is 4.79 Å². The number of nitrogen functional groups attached to an aromatic ring is 1. The first kappa shape index (κ1) is 23.5. The number of benzene rings is 1. The van der Waals surface area contributed by atoms with Crippen LogP contribution in [0.15, 0.2) is 47.8 Å². The molecule has 176 valence electrons. The quantitative estimate of drug-likeness (QED) is 0.513. The fraction of sp³-hybridized carbons (Fsp3) is 0.480. The molecule has 2 aliphatic heterocycles. The minimum atomic E-state index is 0.115. The second-order valence-electron chi connectivity index (χ2n) is 8.90. The number of likely N-dealkylation sites (tertiary alicyclic amines) is 2. The smallest absolute Gasteiger partial charge is 0.225 e. The largest absolute Gasteiger partial charge is 0.399 e. The van der Waals surface area contributed by atoms with Crippen LogP contribution in [-0.2, 0) is 16.2 Å². The maximum atomic E-state index is 13.2. The van der Waals surface area contributed by atoms with E-state index in [2.05, 4.69) is 15.0 Å². The van der Waals surface area contributed by atoms with Gasteiger partial charge in [-0.2, -0.15) is 0 Å². The number of halogens is 1. The van der Waals surface area contributed by atoms with E-state index < -0.39 is 0 Å². The Morgan fingerprint density at radius 1 is 1.09 bits per heavy atom. The van der Waals surface area contributed by atoms with E-state index in [1.165, 1.54) is 5.56 Å². The maximum Gasteiger partial charge on any atom is 0.225 e. The number of aromatic nitrogens is 1. The number of hydrogen-bond acceptors (Lipinski definition) is 6. The number of oxime groups is 1. The molecule has 2 aliphatic rings. The highest BCUT2D eigenvalue weighted by atomic mass is 35.5. The molecule has 0 saturated carbocycles. The Hall–Kier alpha value is -2.64. The molecule has 1 aromatic heterocycles. The molecule has 0 bridgehead atoms. The van der Waals surface area contributed by atoms with Gasteiger partial charge in [-0.15, -0.1) is 0 Å². The van der Waals surface area contributed by atoms with Gasteiger partial charge in [-0.1, -0.05) is 28.9 Å². The van der Waals surface area contributed by atoms with Crippen molar-refractivity contribution in [3.8, 4) is 0 Å². The lowest BCUT2D eigenvalue weighted by atomic mass is 9.87. The van der Waals surface area contributed by atoms with E-state index in [0.29, 0.717) is 16.7 Å². The number of carbonyl (C=O) groups is 1. The Labute approximate surface area is 200 Å². The molecule has 2 saturated heterocycles. The van der Waals surface area contributed by atoms with E-state index in [4.69, 9.17) is 22.2 Å². The summed E-state index contributed by atoms with van der Waals surface area (Å²) < 4.78 is 0. The highest BCUT2D eigenvalue weighted by Crippen LogP contribution is 2.27. The molecule has 0 radical (unpaired) electrons. The van der Waals surface area contributed by atoms with Crippen LogP contribution in [0.3, 0.4) is 0 Å². The third-order valence-electron chi connectivity index (χ3n) is 6.71. The Kier molecular flexibility index (Phi) is 7.83. The van der Waals surface area contributed by atoms with Gasteiger partial charge in [0, 0.05) is 42.7 Å². The lowest BCUT2D eigenvalue weighted by Gasteiger charge is -2.37. The van der Waals surface area contributed by atoms with Gasteiger partial charge in [-0.25, -0.2) is 4.98 Å². The van der Waals surface area contributed by atoms with Crippen LogP contribution >= 0.6 is 11.6 Å². The van der Waals surface area contributed by atoms with Crippen LogP contribution in [0.2, 0.25) is 5.02 Å². The SMILES string of the molecule is CON=C(c1ccc(Cl)cc1)C1CCN(C(=O)C2CCN(Cc3ccnc(N)c3)CC2)CC1. The summed E-state index contributed by atoms with van der Waals surface area (Å²) in [5.41, 5.74) is 8.92. The van der Waals surface area contributed by atoms with Gasteiger partial charge in [0.05, 0.1) is 5.71 Å². The van der Waals surface area contributed by atoms with E-state index in [0.717, 1.165) is 69.7 Å². The molecule has 7 nitrogen and oxygen atoms in total. The molecule has 1 amide bonds. The van der Waals surface area contributed by atoms with Gasteiger partial charge in [0.2, 0.25) is 5.91 Å². The molecule has 0 aliphatic carbocycles. The monoisotopic (exact) mass is 469 g/mol. The van der Waals surface area contributed by atoms with E-state index in [1.807, 2.05) is 41.3 Å². The number of anilines is 1. The zero-order valence-corrected chi connectivity index (χ0v) is 19.9. The Morgan fingerprint density at radius 2 is 1.76 bits per heavy atom. The first-order chi connectivity index (χ1) is 16.0. The molecule has 0 spiro atoms. The van der Waals surface area contributed by atoms with Gasteiger partial charge in [-0.05, 0) is 74.2 Å². The number of hydrogen-bond donors (Lipinski definition) is 1. The topological polar surface area (TPSA) is 84.0 Å². The summed E-state index contributed by atoms with van der Waals surface area (Å²) >= 11 is 6.04. The lowest BCUT2D eigenvalue weighted by molar-refractivity contribution is -0.138. The Balaban J connectivity index is 1.28. The zero-order chi connectivity index (χ0) is 23.2. The minimum absolute atomic E-state index is 0.115. The Bertz CT molecular complexity index is 965. The normalized spacial score (nSPS) is 19.0. The summed E-state index contributed by atoms with van der Waals surface area (Å²) in [4.78, 5) is 26.8. The molecule has 4 rings (SSSR count). The van der Waals surface area contributed by atoms with Crippen molar-refractivity contribution in [2.24, 2.45) is 17.0 Å². The van der Waals surface area contributed by atoms with Gasteiger partial charge in [0.25, 0.3) is 0 Å². The summed E-state index contributed by atoms with van der Waals surface area (Å²) in [7, 11) is 1.57. The van der Waals surface area contributed by atoms with Crippen molar-refractivity contribution < 1.29 is 9.63 Å². The molecule has 33 heavy (non-hydrogen) atoms. The summed E-state index contributed by atoms with van der Waals surface area (Å²) in [6.45, 7) is 4.23. The van der Waals surface area contributed by atoms with Crippen molar-refractivity contribution in [2.45, 2.75) is 32.2 Å². The summed E-state index contributed by atoms with van der Waals surface area (Å²) in [6, 6.07) is 11.6. The van der Waals surface area contributed by atoms with Gasteiger partial charge < -0.3 is 15.5 Å². The van der Waals surface area contributed by atoms with Crippen molar-refractivity contribution in [1.82, 2.24) is 14.8 Å². The molecule has 8 heteroatoms. The van der Waals surface area contributed by atoms with Crippen LogP contribution in [0.1, 0.15) is 36.8 Å². The van der Waals surface area contributed by atoms with Gasteiger partial charge >= 0.3 is 0 Å². The van der Waals surface area contributed by atoms with Crippen LogP contribution < -0.4 is 5.73 Å². The summed E-state index contributed by atoms with van der Waals surface area (Å²) in [5.74, 6) is 1.24. The van der Waals surface area contributed by atoms with Crippen LogP contribution in [0.5, 0.6) is 0 Å². The fourth-order valence-corrected chi connectivity index (χ4v) is 5.03. The van der Waals surface area contributed by atoms with Crippen LogP contribution in [0.25, 0.3) is 0 Å². The first-order valence-corrected chi connectivity index (χ1v) is 12.0. The predicted octanol–water partition coefficient (Wildman–Crippen LogP) is 3.82. The van der Waals surface area contributed by atoms with Crippen molar-refractivity contribution >= 4 is 29.0 Å². The van der Waals surface area contributed by atoms with Crippen LogP contribution in [0, 0.1) is 11.8 Å². The molecule has 0 atom stereocenters. The Morgan fingerprint density at radius 3 is 2.39 bits per heavy atom. The maximum absolute atomic E-state index is 13.2. The van der Waals surface area contributed by atoms with E-state index in [1.54, 1.807) is 13.3 Å². The van der Waals surface area contributed by atoms with Crippen molar-refractivity contribution in [3.63, 3.8) is 0 Å². The molecular weight excluding hydrogens is 438 g/mol. The number of carbonyl (C=O) groups excluding carboxylic acids is 1. The van der Waals surface area contributed by atoms with Gasteiger partial charge in [-0.3, -0.25) is 9.69 Å². The molecule has 2 aromatic rings. The highest BCUT2D eigenvalue weighted by molar-refractivity contribution is 6.30. The van der Waals surface area contributed by atoms with E-state index in [-0.39, 0.29) is 11.8 Å². The van der Waals surface area contributed by atoms with Crippen LogP contribution in [-0.4, -0.2) is 59.7 Å². The molecule has 2 N–H and O–H groups in total. The number of piperidine rings is 2. The summed E-state index contributed by atoms with van der Waals surface area (Å²) in [6.07, 6.45) is 5.33. The molecule has 3 heterocycles. The average molecular weight is 470 g/mol. The predicted molar refractivity (Wildman–Crippen MR) is 131 cm³/mol. The average Bonchev–Trinajstić information content (AvgIpc) is 2.83. The fourth-order valence-electron chi connectivity index (χ4n) is 4.90. The molecule has 1 aromatic carbocycles. The second kappa shape index (κ2) is 11.0. The lowest BCUT2D eigenvalue weighted by Crippen LogP contribution is -2.46. The second-order valence-corrected chi connectivity index (χ2v) is 9.34. The third kappa shape index (κ3) is 6.03. The highest BCUT2D eigenvalue weighted by Gasteiger charge is 2.32. The van der Waals surface area contributed by atoms with Gasteiger partial charge in [0.15, 0.2) is 0 Å². The third-order valence-corrected chi connectivity index (χ3v) is 6.96. The van der Waals surface area contributed by atoms with Crippen LogP contribution in [0.4, 0.5) is 5.82 Å². The number of nitrogens with two attached hydrogens (primary N) is 1. The summed E-state index contributed by atoms with van der Waals surface area (Å²) in [5, 5.41) is 5.01. The molecular formula is C25H32ClN5O2. The van der Waals surface area contributed by atoms with Gasteiger partial charge in [0.1, 0.15) is 12.9 Å². The number of nitrogens with zero attached hydrogens (tertiary/aromatic N) is 4. The molecule has 0 unspecified atom stereocenters. The first-order valence-electron chi connectivity index (χ1n) is 11.6. The standard InChI is InChI=1S/C25H32ClN5O2/c1-33-29-24(19-2-4-22(26)5-3-19)20-9-14-31(15-10-20)25(32)21-7-12-30(13-8-21)17-18-6-11-28-23(27)16-18/h2-6,11,16,20-21H,7-10,12-15,17H2,1H3,(H2,27,28). The molecule has 2 fully saturated rings. The number of amides is 1. The minimum Gasteiger partial charge on any atom is -0.399 e.